The highest BCUT2D eigenvalue weighted by atomic mass is 19.1. The molecule has 0 atom stereocenters. The molecule has 4 rings (SSSR count). The predicted molar refractivity (Wildman–Crippen MR) is 131 cm³/mol. The average Bonchev–Trinajstić information content (AvgIpc) is 2.84. The number of hydrogen-bond donors (Lipinski definition) is 1. The molecule has 5 nitrogen and oxygen atoms in total. The lowest BCUT2D eigenvalue weighted by molar-refractivity contribution is 0.223. The molecule has 33 heavy (non-hydrogen) atoms. The Balaban J connectivity index is 1.63. The number of rotatable bonds is 9. The minimum Gasteiger partial charge on any atom is -0.492 e. The number of nitrogens with zero attached hydrogens (tertiary/aromatic N) is 1. The van der Waals surface area contributed by atoms with Gasteiger partial charge >= 0.3 is 5.63 Å². The second-order valence-corrected chi connectivity index (χ2v) is 7.67. The molecule has 1 aromatic heterocycles. The Bertz CT molecular complexity index is 1260. The van der Waals surface area contributed by atoms with Crippen LogP contribution in [0.2, 0.25) is 0 Å². The molecule has 0 spiro atoms. The van der Waals surface area contributed by atoms with E-state index in [-0.39, 0.29) is 5.82 Å². The molecule has 0 aliphatic carbocycles. The van der Waals surface area contributed by atoms with Gasteiger partial charge in [-0.05, 0) is 67.2 Å². The summed E-state index contributed by atoms with van der Waals surface area (Å²) in [6.07, 6.45) is 0. The van der Waals surface area contributed by atoms with Gasteiger partial charge in [0.05, 0.1) is 11.3 Å². The van der Waals surface area contributed by atoms with Gasteiger partial charge in [0.2, 0.25) is 0 Å². The highest BCUT2D eigenvalue weighted by Crippen LogP contribution is 2.34. The van der Waals surface area contributed by atoms with Crippen LogP contribution >= 0.6 is 0 Å². The van der Waals surface area contributed by atoms with E-state index in [2.05, 4.69) is 24.1 Å². The quantitative estimate of drug-likeness (QED) is 0.317. The van der Waals surface area contributed by atoms with Gasteiger partial charge in [0.25, 0.3) is 0 Å². The van der Waals surface area contributed by atoms with Gasteiger partial charge in [-0.25, -0.2) is 9.18 Å². The second kappa shape index (κ2) is 10.3. The minimum absolute atomic E-state index is 0.355. The molecule has 1 heterocycles. The maximum atomic E-state index is 13.5. The van der Waals surface area contributed by atoms with Crippen molar-refractivity contribution in [3.63, 3.8) is 0 Å². The minimum atomic E-state index is -0.487. The van der Waals surface area contributed by atoms with Crippen molar-refractivity contribution in [1.29, 1.82) is 0 Å². The molecule has 0 fully saturated rings. The lowest BCUT2D eigenvalue weighted by Crippen LogP contribution is -2.27. The van der Waals surface area contributed by atoms with Gasteiger partial charge in [-0.2, -0.15) is 0 Å². The summed E-state index contributed by atoms with van der Waals surface area (Å²) >= 11 is 0. The van der Waals surface area contributed by atoms with E-state index in [1.54, 1.807) is 18.2 Å². The molecule has 0 saturated heterocycles. The fourth-order valence-electron chi connectivity index (χ4n) is 3.77. The van der Waals surface area contributed by atoms with E-state index in [0.29, 0.717) is 29.0 Å². The maximum Gasteiger partial charge on any atom is 0.346 e. The van der Waals surface area contributed by atoms with E-state index in [1.165, 1.54) is 12.1 Å². The van der Waals surface area contributed by atoms with Crippen molar-refractivity contribution in [2.45, 2.75) is 13.8 Å². The number of hydrogen-bond acceptors (Lipinski definition) is 5. The summed E-state index contributed by atoms with van der Waals surface area (Å²) in [6.45, 7) is 7.76. The number of likely N-dealkylation sites (N-methyl/N-ethyl adjacent to an activating group) is 1. The summed E-state index contributed by atoms with van der Waals surface area (Å²) in [5.41, 5.74) is 2.34. The summed E-state index contributed by atoms with van der Waals surface area (Å²) in [5, 5.41) is 4.13. The van der Waals surface area contributed by atoms with Crippen LogP contribution < -0.4 is 15.7 Å². The van der Waals surface area contributed by atoms with Crippen molar-refractivity contribution in [3.05, 3.63) is 89.0 Å². The Kier molecular flexibility index (Phi) is 7.05. The molecule has 3 aromatic carbocycles. The molecule has 0 amide bonds. The average molecular weight is 447 g/mol. The van der Waals surface area contributed by atoms with Crippen LogP contribution in [0.5, 0.6) is 5.75 Å². The van der Waals surface area contributed by atoms with E-state index < -0.39 is 5.63 Å². The Morgan fingerprint density at radius 2 is 1.64 bits per heavy atom. The Morgan fingerprint density at radius 1 is 0.939 bits per heavy atom. The second-order valence-electron chi connectivity index (χ2n) is 7.67. The first-order chi connectivity index (χ1) is 16.1. The molecule has 1 N–H and O–H groups in total. The molecule has 0 radical (unpaired) electrons. The molecule has 4 aromatic rings. The lowest BCUT2D eigenvalue weighted by atomic mass is 10.0. The smallest absolute Gasteiger partial charge is 0.346 e. The SMILES string of the molecule is CCN(CC)CCOc1ccc(Nc2c(-c3ccc(F)cc3)c(=O)oc3ccccc23)cc1. The van der Waals surface area contributed by atoms with Crippen molar-refractivity contribution in [1.82, 2.24) is 4.90 Å². The lowest BCUT2D eigenvalue weighted by Gasteiger charge is -2.18. The summed E-state index contributed by atoms with van der Waals surface area (Å²) in [4.78, 5) is 15.2. The van der Waals surface area contributed by atoms with Crippen molar-refractivity contribution >= 4 is 22.3 Å². The van der Waals surface area contributed by atoms with E-state index in [1.807, 2.05) is 42.5 Å². The first kappa shape index (κ1) is 22.6. The monoisotopic (exact) mass is 446 g/mol. The van der Waals surface area contributed by atoms with Crippen LogP contribution in [0.1, 0.15) is 13.8 Å². The molecule has 0 aliphatic heterocycles. The van der Waals surface area contributed by atoms with Crippen molar-refractivity contribution in [3.8, 4) is 16.9 Å². The van der Waals surface area contributed by atoms with Gasteiger partial charge in [-0.3, -0.25) is 0 Å². The highest BCUT2D eigenvalue weighted by molar-refractivity contribution is 5.99. The topological polar surface area (TPSA) is 54.7 Å². The van der Waals surface area contributed by atoms with Crippen molar-refractivity contribution < 1.29 is 13.5 Å². The van der Waals surface area contributed by atoms with Crippen LogP contribution in [0.25, 0.3) is 22.1 Å². The summed E-state index contributed by atoms with van der Waals surface area (Å²) < 4.78 is 24.9. The van der Waals surface area contributed by atoms with E-state index in [4.69, 9.17) is 9.15 Å². The Morgan fingerprint density at radius 3 is 2.33 bits per heavy atom. The van der Waals surface area contributed by atoms with Crippen LogP contribution in [-0.2, 0) is 0 Å². The van der Waals surface area contributed by atoms with Crippen LogP contribution in [0, 0.1) is 5.82 Å². The maximum absolute atomic E-state index is 13.5. The molecular formula is C27H27FN2O3. The summed E-state index contributed by atoms with van der Waals surface area (Å²) in [6, 6.07) is 20.8. The van der Waals surface area contributed by atoms with Crippen LogP contribution in [0.4, 0.5) is 15.8 Å². The van der Waals surface area contributed by atoms with Gasteiger partial charge in [0, 0.05) is 17.6 Å². The molecule has 0 unspecified atom stereocenters. The molecule has 6 heteroatoms. The number of fused-ring (bicyclic) bond motifs is 1. The molecule has 0 saturated carbocycles. The third-order valence-corrected chi connectivity index (χ3v) is 5.64. The van der Waals surface area contributed by atoms with Crippen LogP contribution in [-0.4, -0.2) is 31.1 Å². The molecular weight excluding hydrogens is 419 g/mol. The zero-order valence-electron chi connectivity index (χ0n) is 18.8. The fraction of sp³-hybridized carbons (Fsp3) is 0.222. The first-order valence-corrected chi connectivity index (χ1v) is 11.1. The largest absolute Gasteiger partial charge is 0.492 e. The number of anilines is 2. The van der Waals surface area contributed by atoms with Crippen LogP contribution in [0.3, 0.4) is 0 Å². The third kappa shape index (κ3) is 5.23. The van der Waals surface area contributed by atoms with Gasteiger partial charge in [-0.1, -0.05) is 38.1 Å². The zero-order chi connectivity index (χ0) is 23.2. The zero-order valence-corrected chi connectivity index (χ0v) is 18.8. The fourth-order valence-corrected chi connectivity index (χ4v) is 3.77. The van der Waals surface area contributed by atoms with E-state index >= 15 is 0 Å². The Hall–Kier alpha value is -3.64. The number of halogens is 1. The van der Waals surface area contributed by atoms with Crippen LogP contribution in [0.15, 0.2) is 82.0 Å². The number of ether oxygens (including phenoxy) is 1. The highest BCUT2D eigenvalue weighted by Gasteiger charge is 2.17. The normalized spacial score (nSPS) is 11.2. The summed E-state index contributed by atoms with van der Waals surface area (Å²) in [7, 11) is 0. The van der Waals surface area contributed by atoms with Crippen molar-refractivity contribution in [2.24, 2.45) is 0 Å². The standard InChI is InChI=1S/C27H27FN2O3/c1-3-30(4-2)17-18-32-22-15-13-21(14-16-22)29-26-23-7-5-6-8-24(23)33-27(31)25(26)19-9-11-20(28)12-10-19/h5-16,29H,3-4,17-18H2,1-2H3. The van der Waals surface area contributed by atoms with Gasteiger partial charge in [-0.15, -0.1) is 0 Å². The molecule has 0 bridgehead atoms. The van der Waals surface area contributed by atoms with E-state index in [9.17, 15) is 9.18 Å². The number of para-hydroxylation sites is 1. The molecule has 170 valence electrons. The van der Waals surface area contributed by atoms with E-state index in [0.717, 1.165) is 36.5 Å². The molecule has 0 aliphatic rings. The number of benzene rings is 3. The van der Waals surface area contributed by atoms with Crippen molar-refractivity contribution in [2.75, 3.05) is 31.6 Å². The number of nitrogens with one attached hydrogen (secondary N) is 1. The van der Waals surface area contributed by atoms with Gasteiger partial charge in [0.15, 0.2) is 0 Å². The predicted octanol–water partition coefficient (Wildman–Crippen LogP) is 6.06. The third-order valence-electron chi connectivity index (χ3n) is 5.64. The first-order valence-electron chi connectivity index (χ1n) is 11.1. The van der Waals surface area contributed by atoms with Gasteiger partial charge in [0.1, 0.15) is 23.8 Å². The Labute approximate surface area is 192 Å². The van der Waals surface area contributed by atoms with Gasteiger partial charge < -0.3 is 19.4 Å². The summed E-state index contributed by atoms with van der Waals surface area (Å²) in [5.74, 6) is 0.416.